The van der Waals surface area contributed by atoms with Crippen molar-refractivity contribution in [3.05, 3.63) is 35.9 Å². The summed E-state index contributed by atoms with van der Waals surface area (Å²) in [5.41, 5.74) is 1.53. The molecule has 1 fully saturated rings. The normalized spacial score (nSPS) is 26.6. The number of hydrogen-bond acceptors (Lipinski definition) is 2. The zero-order chi connectivity index (χ0) is 14.2. The van der Waals surface area contributed by atoms with Crippen molar-refractivity contribution in [3.8, 4) is 0 Å². The summed E-state index contributed by atoms with van der Waals surface area (Å²) in [6.45, 7) is 0.902. The van der Waals surface area contributed by atoms with E-state index >= 15 is 0 Å². The van der Waals surface area contributed by atoms with Crippen LogP contribution in [-0.2, 0) is 4.74 Å². The third-order valence-corrected chi connectivity index (χ3v) is 4.80. The second-order valence-electron chi connectivity index (χ2n) is 6.06. The van der Waals surface area contributed by atoms with E-state index < -0.39 is 0 Å². The highest BCUT2D eigenvalue weighted by molar-refractivity contribution is 5.20. The molecule has 0 amide bonds. The Kier molecular flexibility index (Phi) is 6.55. The van der Waals surface area contributed by atoms with E-state index in [9.17, 15) is 0 Å². The number of rotatable bonds is 7. The molecule has 2 nitrogen and oxygen atoms in total. The van der Waals surface area contributed by atoms with Gasteiger partial charge in [0.2, 0.25) is 0 Å². The minimum Gasteiger partial charge on any atom is -0.385 e. The predicted molar refractivity (Wildman–Crippen MR) is 85.1 cm³/mol. The van der Waals surface area contributed by atoms with E-state index in [0.717, 1.165) is 18.4 Å². The van der Waals surface area contributed by atoms with Crippen molar-refractivity contribution in [2.75, 3.05) is 20.8 Å². The molecule has 2 heteroatoms. The third kappa shape index (κ3) is 4.32. The van der Waals surface area contributed by atoms with Gasteiger partial charge in [-0.15, -0.1) is 0 Å². The Hall–Kier alpha value is -0.860. The second-order valence-corrected chi connectivity index (χ2v) is 6.06. The maximum Gasteiger partial charge on any atom is 0.0462 e. The van der Waals surface area contributed by atoms with Gasteiger partial charge in [0.05, 0.1) is 0 Å². The van der Waals surface area contributed by atoms with Gasteiger partial charge in [0.1, 0.15) is 0 Å². The van der Waals surface area contributed by atoms with Crippen LogP contribution >= 0.6 is 0 Å². The molecule has 20 heavy (non-hydrogen) atoms. The van der Waals surface area contributed by atoms with E-state index in [1.54, 1.807) is 7.11 Å². The largest absolute Gasteiger partial charge is 0.385 e. The molecule has 1 aliphatic rings. The van der Waals surface area contributed by atoms with Gasteiger partial charge in [-0.05, 0) is 56.6 Å². The van der Waals surface area contributed by atoms with Crippen LogP contribution < -0.4 is 5.32 Å². The van der Waals surface area contributed by atoms with Gasteiger partial charge in [-0.25, -0.2) is 0 Å². The van der Waals surface area contributed by atoms with Crippen molar-refractivity contribution in [2.45, 2.75) is 50.5 Å². The maximum atomic E-state index is 5.16. The number of methoxy groups -OCH3 is 1. The molecule has 0 radical (unpaired) electrons. The van der Waals surface area contributed by atoms with E-state index in [4.69, 9.17) is 4.74 Å². The van der Waals surface area contributed by atoms with Crippen LogP contribution in [0.1, 0.15) is 50.0 Å². The molecule has 112 valence electrons. The molecule has 3 atom stereocenters. The average molecular weight is 275 g/mol. The number of hydrogen-bond donors (Lipinski definition) is 1. The lowest BCUT2D eigenvalue weighted by Crippen LogP contribution is -2.38. The molecule has 1 saturated carbocycles. The average Bonchev–Trinajstić information content (AvgIpc) is 2.52. The summed E-state index contributed by atoms with van der Waals surface area (Å²) in [5, 5.41) is 3.54. The fraction of sp³-hybridized carbons (Fsp3) is 0.667. The fourth-order valence-corrected chi connectivity index (χ4v) is 3.64. The molecule has 0 saturated heterocycles. The molecule has 1 aromatic rings. The molecule has 1 aromatic carbocycles. The van der Waals surface area contributed by atoms with E-state index in [-0.39, 0.29) is 0 Å². The molecular weight excluding hydrogens is 246 g/mol. The summed E-state index contributed by atoms with van der Waals surface area (Å²) in [4.78, 5) is 0. The van der Waals surface area contributed by atoms with Crippen molar-refractivity contribution in [1.82, 2.24) is 5.32 Å². The molecule has 3 unspecified atom stereocenters. The SMILES string of the molecule is CNC1CCC(c2ccccc2)CC1CCCCOC. The Morgan fingerprint density at radius 1 is 1.15 bits per heavy atom. The number of nitrogens with one attached hydrogen (secondary N) is 1. The Balaban J connectivity index is 1.89. The first kappa shape index (κ1) is 15.5. The van der Waals surface area contributed by atoms with Gasteiger partial charge in [0.25, 0.3) is 0 Å². The van der Waals surface area contributed by atoms with Gasteiger partial charge >= 0.3 is 0 Å². The molecule has 1 N–H and O–H groups in total. The predicted octanol–water partition coefficient (Wildman–Crippen LogP) is 3.98. The number of unbranched alkanes of at least 4 members (excludes halogenated alkanes) is 1. The maximum absolute atomic E-state index is 5.16. The van der Waals surface area contributed by atoms with Crippen LogP contribution in [0.2, 0.25) is 0 Å². The van der Waals surface area contributed by atoms with Crippen molar-refractivity contribution < 1.29 is 4.74 Å². The quantitative estimate of drug-likeness (QED) is 0.760. The Bertz CT molecular complexity index is 365. The van der Waals surface area contributed by atoms with Gasteiger partial charge in [0.15, 0.2) is 0 Å². The summed E-state index contributed by atoms with van der Waals surface area (Å²) in [7, 11) is 3.91. The minimum absolute atomic E-state index is 0.706. The smallest absolute Gasteiger partial charge is 0.0462 e. The first-order valence-electron chi connectivity index (χ1n) is 8.06. The van der Waals surface area contributed by atoms with Gasteiger partial charge in [0, 0.05) is 19.8 Å². The van der Waals surface area contributed by atoms with Gasteiger partial charge in [-0.3, -0.25) is 0 Å². The standard InChI is InChI=1S/C18H29NO/c1-19-18-12-11-16(15-8-4-3-5-9-15)14-17(18)10-6-7-13-20-2/h3-5,8-9,16-19H,6-7,10-14H2,1-2H3. The topological polar surface area (TPSA) is 21.3 Å². The van der Waals surface area contributed by atoms with E-state index in [1.165, 1.54) is 44.1 Å². The molecule has 0 spiro atoms. The molecule has 0 heterocycles. The summed E-state index contributed by atoms with van der Waals surface area (Å²) in [6, 6.07) is 11.8. The lowest BCUT2D eigenvalue weighted by Gasteiger charge is -2.36. The van der Waals surface area contributed by atoms with Crippen LogP contribution in [0.4, 0.5) is 0 Å². The first-order chi connectivity index (χ1) is 9.85. The minimum atomic E-state index is 0.706. The lowest BCUT2D eigenvalue weighted by molar-refractivity contribution is 0.181. The summed E-state index contributed by atoms with van der Waals surface area (Å²) < 4.78 is 5.16. The van der Waals surface area contributed by atoms with Crippen molar-refractivity contribution in [3.63, 3.8) is 0 Å². The van der Waals surface area contributed by atoms with Crippen LogP contribution in [0, 0.1) is 5.92 Å². The Morgan fingerprint density at radius 3 is 2.65 bits per heavy atom. The van der Waals surface area contributed by atoms with E-state index in [0.29, 0.717) is 6.04 Å². The zero-order valence-corrected chi connectivity index (χ0v) is 13.0. The monoisotopic (exact) mass is 275 g/mol. The summed E-state index contributed by atoms with van der Waals surface area (Å²) >= 11 is 0. The van der Waals surface area contributed by atoms with Crippen LogP contribution in [0.5, 0.6) is 0 Å². The number of ether oxygens (including phenoxy) is 1. The lowest BCUT2D eigenvalue weighted by atomic mass is 9.73. The molecule has 0 bridgehead atoms. The Morgan fingerprint density at radius 2 is 1.95 bits per heavy atom. The molecule has 1 aliphatic carbocycles. The number of benzene rings is 1. The van der Waals surface area contributed by atoms with Crippen LogP contribution in [-0.4, -0.2) is 26.8 Å². The van der Waals surface area contributed by atoms with Gasteiger partial charge in [-0.1, -0.05) is 36.8 Å². The highest BCUT2D eigenvalue weighted by Crippen LogP contribution is 2.38. The summed E-state index contributed by atoms with van der Waals surface area (Å²) in [6.07, 6.45) is 7.79. The molecule has 0 aromatic heterocycles. The van der Waals surface area contributed by atoms with Gasteiger partial charge < -0.3 is 10.1 Å². The van der Waals surface area contributed by atoms with Gasteiger partial charge in [-0.2, -0.15) is 0 Å². The van der Waals surface area contributed by atoms with Crippen LogP contribution in [0.15, 0.2) is 30.3 Å². The summed E-state index contributed by atoms with van der Waals surface area (Å²) in [5.74, 6) is 1.57. The van der Waals surface area contributed by atoms with Crippen molar-refractivity contribution in [1.29, 1.82) is 0 Å². The fourth-order valence-electron chi connectivity index (χ4n) is 3.64. The third-order valence-electron chi connectivity index (χ3n) is 4.80. The highest BCUT2D eigenvalue weighted by Gasteiger charge is 2.29. The molecule has 0 aliphatic heterocycles. The van der Waals surface area contributed by atoms with Crippen molar-refractivity contribution in [2.24, 2.45) is 5.92 Å². The van der Waals surface area contributed by atoms with E-state index in [2.05, 4.69) is 42.7 Å². The Labute approximate surface area is 123 Å². The van der Waals surface area contributed by atoms with Crippen LogP contribution in [0.3, 0.4) is 0 Å². The molecule has 2 rings (SSSR count). The zero-order valence-electron chi connectivity index (χ0n) is 13.0. The molecular formula is C18H29NO. The van der Waals surface area contributed by atoms with Crippen molar-refractivity contribution >= 4 is 0 Å². The van der Waals surface area contributed by atoms with Crippen LogP contribution in [0.25, 0.3) is 0 Å². The first-order valence-corrected chi connectivity index (χ1v) is 8.06. The highest BCUT2D eigenvalue weighted by atomic mass is 16.5. The van der Waals surface area contributed by atoms with E-state index in [1.807, 2.05) is 0 Å². The second kappa shape index (κ2) is 8.43.